The van der Waals surface area contributed by atoms with Crippen LogP contribution in [0.5, 0.6) is 11.5 Å². The number of benzene rings is 3. The van der Waals surface area contributed by atoms with E-state index in [1.54, 1.807) is 30.3 Å². The molecule has 180 valence electrons. The predicted molar refractivity (Wildman–Crippen MR) is 143 cm³/mol. The molecule has 0 bridgehead atoms. The fraction of sp³-hybridized carbons (Fsp3) is 0.120. The lowest BCUT2D eigenvalue weighted by Gasteiger charge is -2.14. The van der Waals surface area contributed by atoms with Crippen molar-refractivity contribution in [3.63, 3.8) is 0 Å². The molecule has 0 radical (unpaired) electrons. The zero-order chi connectivity index (χ0) is 24.9. The highest BCUT2D eigenvalue weighted by Gasteiger charge is 2.15. The van der Waals surface area contributed by atoms with E-state index in [0.29, 0.717) is 33.7 Å². The second-order valence-corrected chi connectivity index (χ2v) is 9.91. The van der Waals surface area contributed by atoms with Gasteiger partial charge < -0.3 is 13.9 Å². The lowest BCUT2D eigenvalue weighted by molar-refractivity contribution is 0.0929. The van der Waals surface area contributed by atoms with Gasteiger partial charge in [0.05, 0.1) is 17.3 Å². The summed E-state index contributed by atoms with van der Waals surface area (Å²) < 4.78 is 32.7. The fourth-order valence-corrected chi connectivity index (χ4v) is 4.94. The maximum Gasteiger partial charge on any atom is 0.307 e. The van der Waals surface area contributed by atoms with Crippen LogP contribution in [0.15, 0.2) is 77.5 Å². The van der Waals surface area contributed by atoms with Crippen molar-refractivity contribution in [3.8, 4) is 11.5 Å². The average Bonchev–Trinajstić information content (AvgIpc) is 3.25. The molecule has 10 heteroatoms. The van der Waals surface area contributed by atoms with Crippen molar-refractivity contribution >= 4 is 70.9 Å². The van der Waals surface area contributed by atoms with E-state index in [4.69, 9.17) is 13.9 Å². The van der Waals surface area contributed by atoms with E-state index < -0.39 is 5.91 Å². The summed E-state index contributed by atoms with van der Waals surface area (Å²) in [6, 6.07) is 14.9. The number of furan rings is 1. The number of rotatable bonds is 8. The minimum Gasteiger partial charge on any atom is -0.490 e. The zero-order valence-electron chi connectivity index (χ0n) is 18.3. The van der Waals surface area contributed by atoms with Crippen molar-refractivity contribution in [2.45, 2.75) is 13.5 Å². The second-order valence-electron chi connectivity index (χ2n) is 7.28. The average molecular weight is 669 g/mol. The van der Waals surface area contributed by atoms with Crippen molar-refractivity contribution in [2.24, 2.45) is 5.10 Å². The molecule has 0 saturated carbocycles. The Balaban J connectivity index is 1.47. The quantitative estimate of drug-likeness (QED) is 0.155. The summed E-state index contributed by atoms with van der Waals surface area (Å²) in [7, 11) is 0. The molecule has 1 amide bonds. The topological polar surface area (TPSA) is 73.1 Å². The number of amides is 1. The Morgan fingerprint density at radius 1 is 1.03 bits per heavy atom. The van der Waals surface area contributed by atoms with Gasteiger partial charge in [-0.15, -0.1) is 0 Å². The zero-order valence-corrected chi connectivity index (χ0v) is 23.0. The Morgan fingerprint density at radius 3 is 2.51 bits per heavy atom. The Morgan fingerprint density at radius 2 is 1.77 bits per heavy atom. The number of ether oxygens (including phenoxy) is 2. The van der Waals surface area contributed by atoms with Crippen molar-refractivity contribution in [1.82, 2.24) is 5.43 Å². The minimum atomic E-state index is -0.485. The van der Waals surface area contributed by atoms with Crippen molar-refractivity contribution in [1.29, 1.82) is 0 Å². The molecule has 4 aromatic rings. The van der Waals surface area contributed by atoms with Crippen LogP contribution in [0.1, 0.15) is 28.6 Å². The summed E-state index contributed by atoms with van der Waals surface area (Å²) >= 11 is 10.3. The largest absolute Gasteiger partial charge is 0.490 e. The molecule has 1 aromatic heterocycles. The standard InChI is InChI=1S/C25H18Br3FN2O4/c1-2-33-21-9-16(19(27)11-22(21)34-13-14-3-5-18(29)6-4-14)12-30-31-25(32)23-8-15-7-17(26)10-20(28)24(15)35-23/h3-12H,2,13H2,1H3,(H,31,32)/b30-12-. The highest BCUT2D eigenvalue weighted by Crippen LogP contribution is 2.34. The Bertz CT molecular complexity index is 1400. The van der Waals surface area contributed by atoms with E-state index in [9.17, 15) is 9.18 Å². The van der Waals surface area contributed by atoms with E-state index in [-0.39, 0.29) is 18.2 Å². The number of nitrogens with zero attached hydrogens (tertiary/aromatic N) is 1. The second kappa shape index (κ2) is 11.4. The molecule has 4 rings (SSSR count). The van der Waals surface area contributed by atoms with Crippen LogP contribution >= 0.6 is 47.8 Å². The van der Waals surface area contributed by atoms with Gasteiger partial charge in [0, 0.05) is 19.9 Å². The maximum atomic E-state index is 13.1. The molecule has 0 unspecified atom stereocenters. The van der Waals surface area contributed by atoms with Crippen LogP contribution in [0.25, 0.3) is 11.0 Å². The summed E-state index contributed by atoms with van der Waals surface area (Å²) in [5.74, 6) is 0.375. The lowest BCUT2D eigenvalue weighted by atomic mass is 10.2. The normalized spacial score (nSPS) is 11.2. The predicted octanol–water partition coefficient (Wildman–Crippen LogP) is 7.60. The van der Waals surface area contributed by atoms with E-state index in [2.05, 4.69) is 58.3 Å². The molecule has 1 heterocycles. The first-order valence-corrected chi connectivity index (χ1v) is 12.8. The summed E-state index contributed by atoms with van der Waals surface area (Å²) in [5.41, 5.74) is 4.53. The molecule has 0 aliphatic carbocycles. The van der Waals surface area contributed by atoms with Gasteiger partial charge in [-0.25, -0.2) is 9.82 Å². The lowest BCUT2D eigenvalue weighted by Crippen LogP contribution is -2.16. The molecule has 3 aromatic carbocycles. The van der Waals surface area contributed by atoms with Gasteiger partial charge in [-0.2, -0.15) is 5.10 Å². The van der Waals surface area contributed by atoms with Crippen LogP contribution in [-0.4, -0.2) is 18.7 Å². The van der Waals surface area contributed by atoms with Gasteiger partial charge in [-0.1, -0.05) is 28.1 Å². The Kier molecular flexibility index (Phi) is 8.25. The summed E-state index contributed by atoms with van der Waals surface area (Å²) in [5, 5.41) is 4.83. The molecule has 35 heavy (non-hydrogen) atoms. The SMILES string of the molecule is CCOc1cc(/C=N\NC(=O)c2cc3cc(Br)cc(Br)c3o2)c(Br)cc1OCc1ccc(F)cc1. The maximum absolute atomic E-state index is 13.1. The first-order valence-electron chi connectivity index (χ1n) is 10.4. The van der Waals surface area contributed by atoms with E-state index >= 15 is 0 Å². The summed E-state index contributed by atoms with van der Waals surface area (Å²) in [6.45, 7) is 2.55. The van der Waals surface area contributed by atoms with Gasteiger partial charge >= 0.3 is 5.91 Å². The van der Waals surface area contributed by atoms with Crippen LogP contribution in [0, 0.1) is 5.82 Å². The number of hydrazone groups is 1. The fourth-order valence-electron chi connectivity index (χ4n) is 3.18. The first-order chi connectivity index (χ1) is 16.8. The van der Waals surface area contributed by atoms with Gasteiger partial charge in [0.15, 0.2) is 17.3 Å². The third kappa shape index (κ3) is 6.31. The number of halogens is 4. The van der Waals surface area contributed by atoms with Crippen LogP contribution in [0.2, 0.25) is 0 Å². The summed E-state index contributed by atoms with van der Waals surface area (Å²) in [6.07, 6.45) is 1.49. The van der Waals surface area contributed by atoms with Crippen molar-refractivity contribution in [3.05, 3.63) is 90.7 Å². The third-order valence-electron chi connectivity index (χ3n) is 4.80. The van der Waals surface area contributed by atoms with E-state index in [1.807, 2.05) is 19.1 Å². The molecule has 0 aliphatic heterocycles. The third-order valence-corrected chi connectivity index (χ3v) is 6.53. The van der Waals surface area contributed by atoms with E-state index in [1.165, 1.54) is 18.3 Å². The molecule has 0 saturated heterocycles. The molecule has 1 N–H and O–H groups in total. The number of hydrogen-bond acceptors (Lipinski definition) is 5. The highest BCUT2D eigenvalue weighted by atomic mass is 79.9. The van der Waals surface area contributed by atoms with Crippen LogP contribution in [0.3, 0.4) is 0 Å². The van der Waals surface area contributed by atoms with Gasteiger partial charge in [0.25, 0.3) is 0 Å². The molecule has 0 fully saturated rings. The highest BCUT2D eigenvalue weighted by molar-refractivity contribution is 9.11. The molecule has 0 aliphatic rings. The number of carbonyl (C=O) groups is 1. The van der Waals surface area contributed by atoms with Crippen molar-refractivity contribution in [2.75, 3.05) is 6.61 Å². The number of nitrogens with one attached hydrogen (secondary N) is 1. The van der Waals surface area contributed by atoms with Crippen LogP contribution in [-0.2, 0) is 6.61 Å². The van der Waals surface area contributed by atoms with Gasteiger partial charge in [-0.3, -0.25) is 4.79 Å². The summed E-state index contributed by atoms with van der Waals surface area (Å²) in [4.78, 5) is 12.5. The Hall–Kier alpha value is -2.69. The number of fused-ring (bicyclic) bond motifs is 1. The van der Waals surface area contributed by atoms with Crippen LogP contribution < -0.4 is 14.9 Å². The molecule has 6 nitrogen and oxygen atoms in total. The monoisotopic (exact) mass is 666 g/mol. The smallest absolute Gasteiger partial charge is 0.307 e. The number of hydrogen-bond donors (Lipinski definition) is 1. The molecule has 0 atom stereocenters. The molecular weight excluding hydrogens is 651 g/mol. The Labute approximate surface area is 225 Å². The minimum absolute atomic E-state index is 0.134. The van der Waals surface area contributed by atoms with Crippen LogP contribution in [0.4, 0.5) is 4.39 Å². The van der Waals surface area contributed by atoms with Gasteiger partial charge in [-0.05, 0) is 86.8 Å². The van der Waals surface area contributed by atoms with Gasteiger partial charge in [0.1, 0.15) is 18.0 Å². The first kappa shape index (κ1) is 25.4. The van der Waals surface area contributed by atoms with E-state index in [0.717, 1.165) is 19.9 Å². The molecular formula is C25H18Br3FN2O4. The number of carbonyl (C=O) groups excluding carboxylic acids is 1. The van der Waals surface area contributed by atoms with Crippen molar-refractivity contribution < 1.29 is 23.1 Å². The molecule has 0 spiro atoms. The van der Waals surface area contributed by atoms with Gasteiger partial charge in [0.2, 0.25) is 0 Å².